The normalized spacial score (nSPS) is 10.7. The van der Waals surface area contributed by atoms with Crippen LogP contribution in [0.2, 0.25) is 0 Å². The molecule has 0 aliphatic carbocycles. The summed E-state index contributed by atoms with van der Waals surface area (Å²) >= 11 is 0. The van der Waals surface area contributed by atoms with Crippen molar-refractivity contribution in [2.75, 3.05) is 33.4 Å². The second-order valence-corrected chi connectivity index (χ2v) is 4.26. The molecule has 0 aromatic carbocycles. The zero-order valence-electron chi connectivity index (χ0n) is 11.2. The van der Waals surface area contributed by atoms with Gasteiger partial charge in [0.1, 0.15) is 0 Å². The van der Waals surface area contributed by atoms with Crippen LogP contribution >= 0.6 is 0 Å². The first kappa shape index (κ1) is 15.9. The number of ether oxygens (including phenoxy) is 2. The lowest BCUT2D eigenvalue weighted by Gasteiger charge is -2.22. The molecule has 0 bridgehead atoms. The summed E-state index contributed by atoms with van der Waals surface area (Å²) in [5.74, 6) is -0.0808. The van der Waals surface area contributed by atoms with Gasteiger partial charge in [-0.05, 0) is 12.8 Å². The predicted octanol–water partition coefficient (Wildman–Crippen LogP) is 1.07. The Balaban J connectivity index is 4.13. The molecule has 0 fully saturated rings. The highest BCUT2D eigenvalue weighted by molar-refractivity contribution is 5.72. The van der Waals surface area contributed by atoms with E-state index in [0.29, 0.717) is 25.5 Å². The Kier molecular flexibility index (Phi) is 8.40. The summed E-state index contributed by atoms with van der Waals surface area (Å²) in [5.41, 5.74) is 0. The van der Waals surface area contributed by atoms with Crippen LogP contribution in [0.4, 0.5) is 0 Å². The fourth-order valence-corrected chi connectivity index (χ4v) is 1.49. The molecular weight excluding hydrogens is 222 g/mol. The third-order valence-corrected chi connectivity index (χ3v) is 2.14. The molecule has 0 aromatic rings. The predicted molar refractivity (Wildman–Crippen MR) is 64.5 cm³/mol. The molecule has 0 aliphatic heterocycles. The summed E-state index contributed by atoms with van der Waals surface area (Å²) in [7, 11) is 1.36. The molecule has 0 radical (unpaired) electrons. The number of rotatable bonds is 8. The minimum atomic E-state index is -0.261. The molecule has 0 aliphatic rings. The number of carbonyl (C=O) groups is 2. The van der Waals surface area contributed by atoms with Crippen molar-refractivity contribution >= 4 is 11.9 Å². The van der Waals surface area contributed by atoms with Crippen LogP contribution in [0.25, 0.3) is 0 Å². The lowest BCUT2D eigenvalue weighted by molar-refractivity contribution is -0.146. The molecule has 5 heteroatoms. The van der Waals surface area contributed by atoms with Crippen molar-refractivity contribution in [1.82, 2.24) is 4.90 Å². The van der Waals surface area contributed by atoms with Crippen LogP contribution in [0.15, 0.2) is 0 Å². The summed E-state index contributed by atoms with van der Waals surface area (Å²) in [6.07, 6.45) is 0.294. The molecule has 0 saturated carbocycles. The van der Waals surface area contributed by atoms with E-state index in [1.54, 1.807) is 6.92 Å². The maximum atomic E-state index is 11.4. The molecule has 0 aromatic heterocycles. The quantitative estimate of drug-likeness (QED) is 0.599. The molecule has 0 heterocycles. The van der Waals surface area contributed by atoms with Crippen molar-refractivity contribution in [3.05, 3.63) is 0 Å². The maximum absolute atomic E-state index is 11.4. The monoisotopic (exact) mass is 245 g/mol. The molecule has 0 amide bonds. The summed E-state index contributed by atoms with van der Waals surface area (Å²) in [4.78, 5) is 24.3. The van der Waals surface area contributed by atoms with Crippen LogP contribution in [0.1, 0.15) is 27.2 Å². The van der Waals surface area contributed by atoms with Gasteiger partial charge in [0, 0.05) is 13.1 Å². The molecule has 0 N–H and O–H groups in total. The van der Waals surface area contributed by atoms with E-state index in [0.717, 1.165) is 6.54 Å². The van der Waals surface area contributed by atoms with Crippen LogP contribution in [0.3, 0.4) is 0 Å². The van der Waals surface area contributed by atoms with Crippen molar-refractivity contribution in [2.24, 2.45) is 5.92 Å². The highest BCUT2D eigenvalue weighted by Gasteiger charge is 2.14. The van der Waals surface area contributed by atoms with Crippen molar-refractivity contribution in [3.63, 3.8) is 0 Å². The second-order valence-electron chi connectivity index (χ2n) is 4.26. The summed E-state index contributed by atoms with van der Waals surface area (Å²) < 4.78 is 9.47. The summed E-state index contributed by atoms with van der Waals surface area (Å²) in [5, 5.41) is 0. The number of methoxy groups -OCH3 is 1. The summed E-state index contributed by atoms with van der Waals surface area (Å²) in [6, 6.07) is 0. The van der Waals surface area contributed by atoms with E-state index in [9.17, 15) is 9.59 Å². The number of esters is 2. The number of carbonyl (C=O) groups excluding carboxylic acids is 2. The van der Waals surface area contributed by atoms with Crippen molar-refractivity contribution in [3.8, 4) is 0 Å². The van der Waals surface area contributed by atoms with Gasteiger partial charge in [-0.25, -0.2) is 0 Å². The van der Waals surface area contributed by atoms with E-state index < -0.39 is 0 Å². The first-order chi connectivity index (χ1) is 7.99. The third kappa shape index (κ3) is 8.68. The Morgan fingerprint density at radius 2 is 1.88 bits per heavy atom. The van der Waals surface area contributed by atoms with E-state index in [-0.39, 0.29) is 18.5 Å². The number of nitrogens with zero attached hydrogens (tertiary/aromatic N) is 1. The molecule has 0 atom stereocenters. The van der Waals surface area contributed by atoms with Crippen molar-refractivity contribution in [1.29, 1.82) is 0 Å². The smallest absolute Gasteiger partial charge is 0.320 e. The zero-order chi connectivity index (χ0) is 13.3. The molecule has 17 heavy (non-hydrogen) atoms. The highest BCUT2D eigenvalue weighted by atomic mass is 16.5. The second kappa shape index (κ2) is 8.98. The van der Waals surface area contributed by atoms with Gasteiger partial charge in [0.2, 0.25) is 0 Å². The van der Waals surface area contributed by atoms with Crippen LogP contribution in [0, 0.1) is 5.92 Å². The van der Waals surface area contributed by atoms with Crippen molar-refractivity contribution < 1.29 is 19.1 Å². The van der Waals surface area contributed by atoms with E-state index in [1.807, 2.05) is 4.90 Å². The minimum Gasteiger partial charge on any atom is -0.469 e. The molecule has 0 rings (SSSR count). The Morgan fingerprint density at radius 3 is 2.35 bits per heavy atom. The maximum Gasteiger partial charge on any atom is 0.320 e. The van der Waals surface area contributed by atoms with Crippen LogP contribution in [0.5, 0.6) is 0 Å². The SMILES string of the molecule is CCOC(=O)CN(CCC(=O)OC)CC(C)C. The van der Waals surface area contributed by atoms with Gasteiger partial charge >= 0.3 is 11.9 Å². The molecule has 0 spiro atoms. The van der Waals surface area contributed by atoms with E-state index in [1.165, 1.54) is 7.11 Å². The average molecular weight is 245 g/mol. The average Bonchev–Trinajstić information content (AvgIpc) is 2.24. The van der Waals surface area contributed by atoms with E-state index in [2.05, 4.69) is 18.6 Å². The first-order valence-corrected chi connectivity index (χ1v) is 5.94. The molecule has 100 valence electrons. The van der Waals surface area contributed by atoms with Crippen molar-refractivity contribution in [2.45, 2.75) is 27.2 Å². The van der Waals surface area contributed by atoms with Gasteiger partial charge in [-0.2, -0.15) is 0 Å². The summed E-state index contributed by atoms with van der Waals surface area (Å²) in [6.45, 7) is 7.79. The Labute approximate surface area is 103 Å². The number of hydrogen-bond acceptors (Lipinski definition) is 5. The van der Waals surface area contributed by atoms with Gasteiger partial charge < -0.3 is 9.47 Å². The Hall–Kier alpha value is -1.10. The van der Waals surface area contributed by atoms with Crippen LogP contribution < -0.4 is 0 Å². The molecule has 5 nitrogen and oxygen atoms in total. The van der Waals surface area contributed by atoms with Gasteiger partial charge in [-0.1, -0.05) is 13.8 Å². The molecule has 0 saturated heterocycles. The fourth-order valence-electron chi connectivity index (χ4n) is 1.49. The highest BCUT2D eigenvalue weighted by Crippen LogP contribution is 2.01. The Bertz CT molecular complexity index is 241. The van der Waals surface area contributed by atoms with E-state index in [4.69, 9.17) is 4.74 Å². The largest absolute Gasteiger partial charge is 0.469 e. The lowest BCUT2D eigenvalue weighted by Crippen LogP contribution is -2.35. The Morgan fingerprint density at radius 1 is 1.24 bits per heavy atom. The number of hydrogen-bond donors (Lipinski definition) is 0. The fraction of sp³-hybridized carbons (Fsp3) is 0.833. The first-order valence-electron chi connectivity index (χ1n) is 5.94. The van der Waals surface area contributed by atoms with Crippen LogP contribution in [-0.2, 0) is 19.1 Å². The zero-order valence-corrected chi connectivity index (χ0v) is 11.2. The van der Waals surface area contributed by atoms with Crippen LogP contribution in [-0.4, -0.2) is 50.2 Å². The molecular formula is C12H23NO4. The minimum absolute atomic E-state index is 0.225. The topological polar surface area (TPSA) is 55.8 Å². The standard InChI is InChI=1S/C12H23NO4/c1-5-17-12(15)9-13(8-10(2)3)7-6-11(14)16-4/h10H,5-9H2,1-4H3. The van der Waals surface area contributed by atoms with Gasteiger partial charge in [0.15, 0.2) is 0 Å². The van der Waals surface area contributed by atoms with Gasteiger partial charge in [-0.15, -0.1) is 0 Å². The third-order valence-electron chi connectivity index (χ3n) is 2.14. The van der Waals surface area contributed by atoms with E-state index >= 15 is 0 Å². The lowest BCUT2D eigenvalue weighted by atomic mass is 10.2. The van der Waals surface area contributed by atoms with Gasteiger partial charge in [-0.3, -0.25) is 14.5 Å². The molecule has 0 unspecified atom stereocenters. The van der Waals surface area contributed by atoms with Gasteiger partial charge in [0.05, 0.1) is 26.7 Å². The van der Waals surface area contributed by atoms with Gasteiger partial charge in [0.25, 0.3) is 0 Å².